The summed E-state index contributed by atoms with van der Waals surface area (Å²) in [7, 11) is 1.85. The second-order valence-corrected chi connectivity index (χ2v) is 3.47. The highest BCUT2D eigenvalue weighted by Gasteiger charge is 1.98. The van der Waals surface area contributed by atoms with Crippen LogP contribution in [0.25, 0.3) is 0 Å². The Bertz CT molecular complexity index is 366. The summed E-state index contributed by atoms with van der Waals surface area (Å²) in [5.41, 5.74) is 0.915. The third-order valence-electron chi connectivity index (χ3n) is 1.50. The Labute approximate surface area is 79.4 Å². The summed E-state index contributed by atoms with van der Waals surface area (Å²) in [6.45, 7) is 0.668. The Balaban J connectivity index is 1.93. The first-order chi connectivity index (χ1) is 6.34. The number of thiazole rings is 1. The number of anilines is 1. The quantitative estimate of drug-likeness (QED) is 0.790. The second kappa shape index (κ2) is 3.53. The van der Waals surface area contributed by atoms with Gasteiger partial charge in [-0.15, -0.1) is 16.4 Å². The second-order valence-electron chi connectivity index (χ2n) is 2.57. The highest BCUT2D eigenvalue weighted by Crippen LogP contribution is 2.10. The number of hydrogen-bond donors (Lipinski definition) is 1. The molecule has 2 aromatic rings. The van der Waals surface area contributed by atoms with Crippen molar-refractivity contribution < 1.29 is 0 Å². The van der Waals surface area contributed by atoms with Crippen molar-refractivity contribution in [2.75, 3.05) is 5.32 Å². The number of nitrogens with one attached hydrogen (secondary N) is 1. The van der Waals surface area contributed by atoms with Gasteiger partial charge in [-0.05, 0) is 0 Å². The molecule has 0 aromatic carbocycles. The van der Waals surface area contributed by atoms with E-state index in [0.717, 1.165) is 10.8 Å². The monoisotopic (exact) mass is 195 g/mol. The van der Waals surface area contributed by atoms with Crippen LogP contribution in [0.1, 0.15) is 5.69 Å². The van der Waals surface area contributed by atoms with E-state index in [1.54, 1.807) is 22.2 Å². The fourth-order valence-corrected chi connectivity index (χ4v) is 1.48. The lowest BCUT2D eigenvalue weighted by atomic mass is 10.5. The number of aryl methyl sites for hydroxylation is 1. The lowest BCUT2D eigenvalue weighted by molar-refractivity contribution is 0.713. The smallest absolute Gasteiger partial charge is 0.182 e. The lowest BCUT2D eigenvalue weighted by Gasteiger charge is -1.96. The minimum Gasteiger partial charge on any atom is -0.356 e. The zero-order valence-electron chi connectivity index (χ0n) is 7.14. The Morgan fingerprint density at radius 1 is 1.62 bits per heavy atom. The van der Waals surface area contributed by atoms with E-state index in [4.69, 9.17) is 0 Å². The van der Waals surface area contributed by atoms with E-state index >= 15 is 0 Å². The minimum atomic E-state index is 0.668. The maximum absolute atomic E-state index is 4.09. The molecule has 0 aliphatic heterocycles. The molecule has 0 bridgehead atoms. The van der Waals surface area contributed by atoms with Gasteiger partial charge < -0.3 is 5.32 Å². The van der Waals surface area contributed by atoms with E-state index in [1.807, 2.05) is 18.6 Å². The van der Waals surface area contributed by atoms with Crippen molar-refractivity contribution in [3.05, 3.63) is 23.5 Å². The van der Waals surface area contributed by atoms with E-state index in [0.29, 0.717) is 6.54 Å². The standard InChI is InChI=1S/C7H9N5S/c1-12-5-6(10-11-12)4-9-7-8-2-3-13-7/h2-3,5H,4H2,1H3,(H,8,9). The van der Waals surface area contributed by atoms with Crippen molar-refractivity contribution in [3.8, 4) is 0 Å². The van der Waals surface area contributed by atoms with Crippen molar-refractivity contribution in [3.63, 3.8) is 0 Å². The first kappa shape index (κ1) is 8.18. The van der Waals surface area contributed by atoms with Gasteiger partial charge in [0.25, 0.3) is 0 Å². The summed E-state index contributed by atoms with van der Waals surface area (Å²) >= 11 is 1.57. The van der Waals surface area contributed by atoms with Gasteiger partial charge in [-0.2, -0.15) is 0 Å². The predicted octanol–water partition coefficient (Wildman–Crippen LogP) is 0.884. The van der Waals surface area contributed by atoms with Crippen LogP contribution >= 0.6 is 11.3 Å². The van der Waals surface area contributed by atoms with Crippen LogP contribution in [0.2, 0.25) is 0 Å². The molecule has 0 spiro atoms. The summed E-state index contributed by atoms with van der Waals surface area (Å²) in [5, 5.41) is 13.8. The molecule has 68 valence electrons. The van der Waals surface area contributed by atoms with Crippen molar-refractivity contribution in [1.82, 2.24) is 20.0 Å². The van der Waals surface area contributed by atoms with E-state index < -0.39 is 0 Å². The maximum Gasteiger partial charge on any atom is 0.182 e. The molecule has 1 N–H and O–H groups in total. The molecule has 2 heterocycles. The molecule has 2 rings (SSSR count). The zero-order valence-corrected chi connectivity index (χ0v) is 7.95. The van der Waals surface area contributed by atoms with Crippen LogP contribution in [-0.2, 0) is 13.6 Å². The topological polar surface area (TPSA) is 55.6 Å². The average Bonchev–Trinajstić information content (AvgIpc) is 2.71. The Kier molecular flexibility index (Phi) is 2.22. The summed E-state index contributed by atoms with van der Waals surface area (Å²) in [4.78, 5) is 4.09. The fraction of sp³-hybridized carbons (Fsp3) is 0.286. The third kappa shape index (κ3) is 2.03. The van der Waals surface area contributed by atoms with Gasteiger partial charge in [0.1, 0.15) is 5.69 Å². The molecule has 0 atom stereocenters. The molecule has 0 saturated heterocycles. The van der Waals surface area contributed by atoms with E-state index in [-0.39, 0.29) is 0 Å². The van der Waals surface area contributed by atoms with Crippen LogP contribution in [0.5, 0.6) is 0 Å². The van der Waals surface area contributed by atoms with Crippen molar-refractivity contribution >= 4 is 16.5 Å². The lowest BCUT2D eigenvalue weighted by Crippen LogP contribution is -1.98. The predicted molar refractivity (Wildman–Crippen MR) is 50.4 cm³/mol. The minimum absolute atomic E-state index is 0.668. The fourth-order valence-electron chi connectivity index (χ4n) is 0.953. The molecule has 0 unspecified atom stereocenters. The van der Waals surface area contributed by atoms with Crippen LogP contribution in [0.4, 0.5) is 5.13 Å². The molecule has 0 amide bonds. The highest BCUT2D eigenvalue weighted by atomic mass is 32.1. The third-order valence-corrected chi connectivity index (χ3v) is 2.23. The van der Waals surface area contributed by atoms with Gasteiger partial charge in [0.05, 0.1) is 6.54 Å². The summed E-state index contributed by atoms with van der Waals surface area (Å²) in [6.07, 6.45) is 3.64. The first-order valence-corrected chi connectivity index (χ1v) is 4.71. The molecule has 13 heavy (non-hydrogen) atoms. The van der Waals surface area contributed by atoms with Crippen LogP contribution in [0, 0.1) is 0 Å². The van der Waals surface area contributed by atoms with Crippen molar-refractivity contribution in [1.29, 1.82) is 0 Å². The van der Waals surface area contributed by atoms with Crippen LogP contribution in [0.15, 0.2) is 17.8 Å². The molecule has 0 saturated carbocycles. The summed E-state index contributed by atoms with van der Waals surface area (Å²) < 4.78 is 1.68. The van der Waals surface area contributed by atoms with Crippen LogP contribution in [-0.4, -0.2) is 20.0 Å². The Morgan fingerprint density at radius 3 is 3.15 bits per heavy atom. The molecular formula is C7H9N5S. The SMILES string of the molecule is Cn1cc(CNc2nccs2)nn1. The molecule has 5 nitrogen and oxygen atoms in total. The number of rotatable bonds is 3. The molecule has 0 aliphatic carbocycles. The van der Waals surface area contributed by atoms with E-state index in [2.05, 4.69) is 20.6 Å². The Morgan fingerprint density at radius 2 is 2.54 bits per heavy atom. The highest BCUT2D eigenvalue weighted by molar-refractivity contribution is 7.13. The van der Waals surface area contributed by atoms with Gasteiger partial charge in [-0.25, -0.2) is 4.98 Å². The van der Waals surface area contributed by atoms with Crippen LogP contribution < -0.4 is 5.32 Å². The molecule has 6 heteroatoms. The van der Waals surface area contributed by atoms with Gasteiger partial charge in [0.2, 0.25) is 0 Å². The van der Waals surface area contributed by atoms with Gasteiger partial charge in [-0.3, -0.25) is 4.68 Å². The number of nitrogens with zero attached hydrogens (tertiary/aromatic N) is 4. The van der Waals surface area contributed by atoms with Crippen molar-refractivity contribution in [2.24, 2.45) is 7.05 Å². The number of aromatic nitrogens is 4. The number of hydrogen-bond acceptors (Lipinski definition) is 5. The zero-order chi connectivity index (χ0) is 9.10. The van der Waals surface area contributed by atoms with Crippen molar-refractivity contribution in [2.45, 2.75) is 6.54 Å². The van der Waals surface area contributed by atoms with Crippen LogP contribution in [0.3, 0.4) is 0 Å². The maximum atomic E-state index is 4.09. The largest absolute Gasteiger partial charge is 0.356 e. The summed E-state index contributed by atoms with van der Waals surface area (Å²) in [6, 6.07) is 0. The van der Waals surface area contributed by atoms with Gasteiger partial charge in [0.15, 0.2) is 5.13 Å². The van der Waals surface area contributed by atoms with E-state index in [1.165, 1.54) is 0 Å². The Hall–Kier alpha value is -1.43. The summed E-state index contributed by atoms with van der Waals surface area (Å²) in [5.74, 6) is 0. The molecule has 0 fully saturated rings. The average molecular weight is 195 g/mol. The molecular weight excluding hydrogens is 186 g/mol. The van der Waals surface area contributed by atoms with Gasteiger partial charge in [0, 0.05) is 24.8 Å². The molecule has 2 aromatic heterocycles. The normalized spacial score (nSPS) is 10.2. The molecule has 0 radical (unpaired) electrons. The van der Waals surface area contributed by atoms with Gasteiger partial charge in [-0.1, -0.05) is 5.21 Å². The molecule has 0 aliphatic rings. The van der Waals surface area contributed by atoms with E-state index in [9.17, 15) is 0 Å². The van der Waals surface area contributed by atoms with Gasteiger partial charge >= 0.3 is 0 Å². The first-order valence-electron chi connectivity index (χ1n) is 3.83.